The number of ketones is 1. The molecule has 39 heavy (non-hydrogen) atoms. The first-order valence-electron chi connectivity index (χ1n) is 13.7. The number of carbonyl (C=O) groups excluding carboxylic acids is 3. The summed E-state index contributed by atoms with van der Waals surface area (Å²) in [5, 5.41) is 47.1. The molecular formula is C29H40O10. The van der Waals surface area contributed by atoms with Gasteiger partial charge >= 0.3 is 11.9 Å². The Labute approximate surface area is 228 Å². The van der Waals surface area contributed by atoms with Crippen LogP contribution in [0.3, 0.4) is 0 Å². The topological polar surface area (TPSA) is 163 Å². The zero-order chi connectivity index (χ0) is 29.2. The number of aliphatic hydroxyl groups excluding tert-OH is 2. The molecule has 10 nitrogen and oxygen atoms in total. The van der Waals surface area contributed by atoms with E-state index in [1.165, 1.54) is 13.0 Å². The third-order valence-corrected chi connectivity index (χ3v) is 10.7. The molecule has 1 aliphatic heterocycles. The summed E-state index contributed by atoms with van der Waals surface area (Å²) in [6, 6.07) is 0. The van der Waals surface area contributed by atoms with Gasteiger partial charge in [-0.05, 0) is 26.3 Å². The second-order valence-electron chi connectivity index (χ2n) is 13.1. The lowest BCUT2D eigenvalue weighted by Gasteiger charge is -2.54. The Morgan fingerprint density at radius 3 is 2.38 bits per heavy atom. The number of epoxide rings is 1. The van der Waals surface area contributed by atoms with Crippen LogP contribution in [-0.4, -0.2) is 85.5 Å². The summed E-state index contributed by atoms with van der Waals surface area (Å²) in [5.41, 5.74) is -7.78. The fraction of sp³-hybridized carbons (Fsp3) is 0.759. The summed E-state index contributed by atoms with van der Waals surface area (Å²) < 4.78 is 18.0. The fourth-order valence-corrected chi connectivity index (χ4v) is 8.29. The van der Waals surface area contributed by atoms with Gasteiger partial charge in [-0.25, -0.2) is 4.79 Å². The summed E-state index contributed by atoms with van der Waals surface area (Å²) in [6.07, 6.45) is -0.897. The zero-order valence-corrected chi connectivity index (χ0v) is 23.7. The molecule has 1 saturated heterocycles. The SMILES string of the molecule is C/C=C(\C)C(=O)OC1[C@@H](C)C2(O)[C@@H]3C=C(C)C(=O)C3(O)C3OC3(CO)C(O)[C@H]2[C@H]2C(C)(C)C12OC(=O)C(C)C. The molecule has 3 saturated carbocycles. The zero-order valence-electron chi connectivity index (χ0n) is 23.7. The molecular weight excluding hydrogens is 508 g/mol. The maximum atomic E-state index is 13.4. The Kier molecular flexibility index (Phi) is 5.99. The van der Waals surface area contributed by atoms with Gasteiger partial charge in [-0.2, -0.15) is 0 Å². The molecule has 4 N–H and O–H groups in total. The van der Waals surface area contributed by atoms with Gasteiger partial charge in [-0.1, -0.05) is 46.8 Å². The van der Waals surface area contributed by atoms with E-state index in [1.54, 1.807) is 40.7 Å². The smallest absolute Gasteiger partial charge is 0.333 e. The molecule has 5 rings (SSSR count). The highest BCUT2D eigenvalue weighted by Gasteiger charge is 2.92. The van der Waals surface area contributed by atoms with Crippen LogP contribution in [0.5, 0.6) is 0 Å². The van der Waals surface area contributed by atoms with Crippen LogP contribution < -0.4 is 0 Å². The highest BCUT2D eigenvalue weighted by molar-refractivity contribution is 6.05. The molecule has 0 spiro atoms. The second kappa shape index (κ2) is 8.22. The van der Waals surface area contributed by atoms with Gasteiger partial charge in [0.25, 0.3) is 0 Å². The van der Waals surface area contributed by atoms with Crippen molar-refractivity contribution in [1.82, 2.24) is 0 Å². The van der Waals surface area contributed by atoms with Gasteiger partial charge in [0, 0.05) is 34.7 Å². The number of ether oxygens (including phenoxy) is 3. The number of rotatable bonds is 5. The number of Topliss-reactive ketones (excluding diaryl/α,β-unsaturated/α-hetero) is 1. The Balaban J connectivity index is 1.75. The number of hydrogen-bond donors (Lipinski definition) is 4. The number of fused-ring (bicyclic) bond motifs is 7. The minimum atomic E-state index is -2.26. The Hall–Kier alpha value is -2.11. The van der Waals surface area contributed by atoms with Crippen LogP contribution >= 0.6 is 0 Å². The van der Waals surface area contributed by atoms with Crippen LogP contribution in [0.2, 0.25) is 0 Å². The molecule has 0 bridgehead atoms. The van der Waals surface area contributed by atoms with Crippen molar-refractivity contribution >= 4 is 17.7 Å². The molecule has 0 aromatic carbocycles. The van der Waals surface area contributed by atoms with Crippen LogP contribution in [0.15, 0.2) is 23.3 Å². The Bertz CT molecular complexity index is 1200. The summed E-state index contributed by atoms with van der Waals surface area (Å²) >= 11 is 0. The highest BCUT2D eigenvalue weighted by Crippen LogP contribution is 2.79. The van der Waals surface area contributed by atoms with Crippen molar-refractivity contribution in [3.8, 4) is 0 Å². The van der Waals surface area contributed by atoms with Crippen molar-refractivity contribution in [2.75, 3.05) is 6.61 Å². The molecule has 1 heterocycles. The van der Waals surface area contributed by atoms with E-state index in [0.717, 1.165) is 0 Å². The predicted molar refractivity (Wildman–Crippen MR) is 136 cm³/mol. The lowest BCUT2D eigenvalue weighted by atomic mass is 9.58. The van der Waals surface area contributed by atoms with E-state index in [0.29, 0.717) is 5.57 Å². The summed E-state index contributed by atoms with van der Waals surface area (Å²) in [5.74, 6) is -6.51. The molecule has 4 aliphatic carbocycles. The van der Waals surface area contributed by atoms with Gasteiger partial charge in [0.1, 0.15) is 17.8 Å². The van der Waals surface area contributed by atoms with Crippen LogP contribution in [0.4, 0.5) is 0 Å². The second-order valence-corrected chi connectivity index (χ2v) is 13.1. The van der Waals surface area contributed by atoms with Gasteiger partial charge in [-0.3, -0.25) is 9.59 Å². The molecule has 5 aliphatic rings. The highest BCUT2D eigenvalue weighted by atomic mass is 16.7. The molecule has 10 heteroatoms. The normalized spacial score (nSPS) is 49.2. The van der Waals surface area contributed by atoms with E-state index in [-0.39, 0.29) is 5.57 Å². The van der Waals surface area contributed by atoms with Gasteiger partial charge in [0.2, 0.25) is 0 Å². The number of allylic oxidation sites excluding steroid dienone is 1. The van der Waals surface area contributed by atoms with Crippen molar-refractivity contribution in [3.05, 3.63) is 23.3 Å². The van der Waals surface area contributed by atoms with Crippen molar-refractivity contribution in [1.29, 1.82) is 0 Å². The lowest BCUT2D eigenvalue weighted by molar-refractivity contribution is -0.250. The van der Waals surface area contributed by atoms with E-state index in [2.05, 4.69) is 0 Å². The minimum absolute atomic E-state index is 0.219. The number of aliphatic hydroxyl groups is 4. The number of carbonyl (C=O) groups is 3. The van der Waals surface area contributed by atoms with Gasteiger partial charge < -0.3 is 34.6 Å². The predicted octanol–water partition coefficient (Wildman–Crippen LogP) is 0.836. The number of esters is 2. The summed E-state index contributed by atoms with van der Waals surface area (Å²) in [7, 11) is 0. The third-order valence-electron chi connectivity index (χ3n) is 10.7. The van der Waals surface area contributed by atoms with Crippen molar-refractivity contribution in [2.45, 2.75) is 96.1 Å². The maximum absolute atomic E-state index is 13.4. The van der Waals surface area contributed by atoms with Crippen LogP contribution in [0.1, 0.15) is 55.4 Å². The minimum Gasteiger partial charge on any atom is -0.454 e. The van der Waals surface area contributed by atoms with E-state index < -0.39 is 100 Å². The van der Waals surface area contributed by atoms with E-state index in [1.807, 2.05) is 13.8 Å². The standard InChI is InChI=1S/C29H40O10/c1-9-13(4)23(34)37-21-15(6)27(35)16-10-14(5)19(31)28(16,36)24-26(11-30,39-24)20(32)17(27)18-25(7,8)29(18,21)38-22(33)12(2)3/h9-10,12,15-18,20-21,24,30,32,35-36H,11H2,1-8H3/b13-9+/t15-,16+,17-,18+,20?,21?,24?,26?,27?,28?,29?/m1/s1. The van der Waals surface area contributed by atoms with E-state index >= 15 is 0 Å². The lowest BCUT2D eigenvalue weighted by Crippen LogP contribution is -2.69. The molecule has 0 aromatic heterocycles. The van der Waals surface area contributed by atoms with Gasteiger partial charge in [0.05, 0.1) is 24.2 Å². The first-order chi connectivity index (χ1) is 18.0. The maximum Gasteiger partial charge on any atom is 0.333 e. The molecule has 4 fully saturated rings. The van der Waals surface area contributed by atoms with E-state index in [9.17, 15) is 34.8 Å². The van der Waals surface area contributed by atoms with Crippen LogP contribution in [-0.2, 0) is 28.6 Å². The first-order valence-corrected chi connectivity index (χ1v) is 13.7. The Morgan fingerprint density at radius 1 is 1.23 bits per heavy atom. The molecule has 216 valence electrons. The molecule has 7 unspecified atom stereocenters. The summed E-state index contributed by atoms with van der Waals surface area (Å²) in [4.78, 5) is 39.6. The van der Waals surface area contributed by atoms with Crippen LogP contribution in [0.25, 0.3) is 0 Å². The van der Waals surface area contributed by atoms with Crippen molar-refractivity contribution < 1.29 is 49.0 Å². The molecule has 11 atom stereocenters. The van der Waals surface area contributed by atoms with E-state index in [4.69, 9.17) is 14.2 Å². The summed E-state index contributed by atoms with van der Waals surface area (Å²) in [6.45, 7) is 12.7. The molecule has 0 radical (unpaired) electrons. The third kappa shape index (κ3) is 3.07. The average Bonchev–Trinajstić information content (AvgIpc) is 3.72. The molecule has 0 aromatic rings. The van der Waals surface area contributed by atoms with Gasteiger partial charge in [-0.15, -0.1) is 0 Å². The Morgan fingerprint density at radius 2 is 1.85 bits per heavy atom. The first kappa shape index (κ1) is 28.4. The monoisotopic (exact) mass is 548 g/mol. The fourth-order valence-electron chi connectivity index (χ4n) is 8.29. The molecule has 0 amide bonds. The average molecular weight is 549 g/mol. The van der Waals surface area contributed by atoms with Gasteiger partial charge in [0.15, 0.2) is 17.0 Å². The quantitative estimate of drug-likeness (QED) is 0.220. The van der Waals surface area contributed by atoms with Crippen molar-refractivity contribution in [3.63, 3.8) is 0 Å². The number of hydrogen-bond acceptors (Lipinski definition) is 10. The van der Waals surface area contributed by atoms with Crippen molar-refractivity contribution in [2.24, 2.45) is 35.0 Å². The largest absolute Gasteiger partial charge is 0.454 e. The van der Waals surface area contributed by atoms with Crippen LogP contribution in [0, 0.1) is 35.0 Å².